The van der Waals surface area contributed by atoms with E-state index in [2.05, 4.69) is 10.3 Å². The van der Waals surface area contributed by atoms with Crippen LogP contribution in [0.25, 0.3) is 0 Å². The van der Waals surface area contributed by atoms with Crippen molar-refractivity contribution in [2.75, 3.05) is 11.9 Å². The number of aromatic nitrogens is 1. The third-order valence-corrected chi connectivity index (χ3v) is 3.27. The van der Waals surface area contributed by atoms with Gasteiger partial charge < -0.3 is 11.1 Å². The Hall–Kier alpha value is -1.69. The molecule has 1 aromatic heterocycles. The van der Waals surface area contributed by atoms with Crippen molar-refractivity contribution in [3.63, 3.8) is 0 Å². The number of nitro groups is 1. The monoisotopic (exact) mass is 236 g/mol. The van der Waals surface area contributed by atoms with Crippen molar-refractivity contribution in [1.82, 2.24) is 4.98 Å². The molecule has 0 aliphatic heterocycles. The molecule has 0 bridgehead atoms. The molecule has 2 rings (SSSR count). The van der Waals surface area contributed by atoms with E-state index in [0.717, 1.165) is 19.3 Å². The lowest BCUT2D eigenvalue weighted by Gasteiger charge is -2.19. The highest BCUT2D eigenvalue weighted by atomic mass is 16.6. The van der Waals surface area contributed by atoms with E-state index < -0.39 is 4.92 Å². The smallest absolute Gasteiger partial charge is 0.311 e. The molecule has 1 saturated carbocycles. The van der Waals surface area contributed by atoms with Gasteiger partial charge in [-0.25, -0.2) is 4.98 Å². The molecule has 6 heteroatoms. The number of anilines is 1. The fraction of sp³-hybridized carbons (Fsp3) is 0.545. The summed E-state index contributed by atoms with van der Waals surface area (Å²) in [6, 6.07) is 3.23. The van der Waals surface area contributed by atoms with Crippen LogP contribution in [-0.2, 0) is 0 Å². The van der Waals surface area contributed by atoms with Crippen molar-refractivity contribution in [2.24, 2.45) is 11.7 Å². The Kier molecular flexibility index (Phi) is 3.53. The van der Waals surface area contributed by atoms with Crippen LogP contribution >= 0.6 is 0 Å². The van der Waals surface area contributed by atoms with Crippen molar-refractivity contribution in [3.8, 4) is 0 Å². The van der Waals surface area contributed by atoms with Crippen LogP contribution in [-0.4, -0.2) is 22.5 Å². The van der Waals surface area contributed by atoms with Gasteiger partial charge in [0.2, 0.25) is 5.82 Å². The number of pyridine rings is 1. The second-order valence-electron chi connectivity index (χ2n) is 4.31. The molecule has 0 aromatic carbocycles. The normalized spacial score (nSPS) is 23.6. The lowest BCUT2D eigenvalue weighted by atomic mass is 10.0. The second-order valence-corrected chi connectivity index (χ2v) is 4.31. The quantitative estimate of drug-likeness (QED) is 0.610. The first-order chi connectivity index (χ1) is 8.22. The van der Waals surface area contributed by atoms with E-state index in [1.807, 2.05) is 0 Å². The lowest BCUT2D eigenvalue weighted by molar-refractivity contribution is -0.384. The van der Waals surface area contributed by atoms with Crippen molar-refractivity contribution in [1.29, 1.82) is 0 Å². The predicted molar refractivity (Wildman–Crippen MR) is 64.7 cm³/mol. The third kappa shape index (κ3) is 2.52. The Bertz CT molecular complexity index is 410. The maximum absolute atomic E-state index is 10.8. The van der Waals surface area contributed by atoms with Gasteiger partial charge in [-0.15, -0.1) is 0 Å². The van der Waals surface area contributed by atoms with E-state index in [0.29, 0.717) is 18.3 Å². The van der Waals surface area contributed by atoms with Gasteiger partial charge in [0.1, 0.15) is 0 Å². The molecule has 0 spiro atoms. The summed E-state index contributed by atoms with van der Waals surface area (Å²) in [5.74, 6) is 0.736. The van der Waals surface area contributed by atoms with Crippen molar-refractivity contribution < 1.29 is 4.92 Å². The molecular weight excluding hydrogens is 220 g/mol. The predicted octanol–water partition coefficient (Wildman–Crippen LogP) is 1.53. The maximum Gasteiger partial charge on any atom is 0.311 e. The van der Waals surface area contributed by atoms with Crippen molar-refractivity contribution >= 4 is 11.5 Å². The van der Waals surface area contributed by atoms with Crippen LogP contribution in [0.5, 0.6) is 0 Å². The molecular formula is C11H16N4O2. The second kappa shape index (κ2) is 5.09. The van der Waals surface area contributed by atoms with Gasteiger partial charge in [0.15, 0.2) is 0 Å². The van der Waals surface area contributed by atoms with Crippen LogP contribution in [0.1, 0.15) is 19.3 Å². The largest absolute Gasteiger partial charge is 0.361 e. The first kappa shape index (κ1) is 11.8. The van der Waals surface area contributed by atoms with Gasteiger partial charge in [0, 0.05) is 18.3 Å². The average molecular weight is 236 g/mol. The van der Waals surface area contributed by atoms with E-state index in [9.17, 15) is 10.1 Å². The SMILES string of the molecule is NCC1CCCC1Nc1ncccc1[N+](=O)[O-]. The van der Waals surface area contributed by atoms with Gasteiger partial charge in [-0.3, -0.25) is 10.1 Å². The van der Waals surface area contributed by atoms with Gasteiger partial charge in [0.05, 0.1) is 4.92 Å². The summed E-state index contributed by atoms with van der Waals surface area (Å²) in [4.78, 5) is 14.5. The van der Waals surface area contributed by atoms with Crippen molar-refractivity contribution in [2.45, 2.75) is 25.3 Å². The molecule has 1 heterocycles. The van der Waals surface area contributed by atoms with Gasteiger partial charge in [0.25, 0.3) is 0 Å². The van der Waals surface area contributed by atoms with Crippen LogP contribution in [0, 0.1) is 16.0 Å². The molecule has 92 valence electrons. The number of nitrogens with one attached hydrogen (secondary N) is 1. The summed E-state index contributed by atoms with van der Waals surface area (Å²) in [5, 5.41) is 14.0. The molecule has 2 unspecified atom stereocenters. The summed E-state index contributed by atoms with van der Waals surface area (Å²) in [7, 11) is 0. The summed E-state index contributed by atoms with van der Waals surface area (Å²) in [6.45, 7) is 0.609. The average Bonchev–Trinajstić information content (AvgIpc) is 2.77. The van der Waals surface area contributed by atoms with E-state index in [1.54, 1.807) is 12.3 Å². The number of hydrogen-bond acceptors (Lipinski definition) is 5. The molecule has 1 aliphatic carbocycles. The number of hydrogen-bond donors (Lipinski definition) is 2. The minimum absolute atomic E-state index is 0.0233. The number of rotatable bonds is 4. The van der Waals surface area contributed by atoms with E-state index in [1.165, 1.54) is 6.07 Å². The first-order valence-electron chi connectivity index (χ1n) is 5.78. The highest BCUT2D eigenvalue weighted by Crippen LogP contribution is 2.30. The molecule has 0 amide bonds. The number of nitrogens with zero attached hydrogens (tertiary/aromatic N) is 2. The Morgan fingerprint density at radius 3 is 3.12 bits per heavy atom. The molecule has 2 atom stereocenters. The molecule has 3 N–H and O–H groups in total. The summed E-state index contributed by atoms with van der Waals surface area (Å²) in [5.41, 5.74) is 5.70. The maximum atomic E-state index is 10.8. The van der Waals surface area contributed by atoms with Crippen LogP contribution in [0.4, 0.5) is 11.5 Å². The zero-order valence-corrected chi connectivity index (χ0v) is 9.50. The Morgan fingerprint density at radius 2 is 2.41 bits per heavy atom. The Morgan fingerprint density at radius 1 is 1.59 bits per heavy atom. The molecule has 1 fully saturated rings. The first-order valence-corrected chi connectivity index (χ1v) is 5.78. The lowest BCUT2D eigenvalue weighted by Crippen LogP contribution is -2.30. The molecule has 1 aromatic rings. The fourth-order valence-corrected chi connectivity index (χ4v) is 2.34. The highest BCUT2D eigenvalue weighted by molar-refractivity contribution is 5.55. The molecule has 1 aliphatic rings. The Balaban J connectivity index is 2.15. The molecule has 6 nitrogen and oxygen atoms in total. The van der Waals surface area contributed by atoms with Gasteiger partial charge >= 0.3 is 5.69 Å². The van der Waals surface area contributed by atoms with Gasteiger partial charge in [-0.2, -0.15) is 0 Å². The summed E-state index contributed by atoms with van der Waals surface area (Å²) in [6.07, 6.45) is 4.74. The standard InChI is InChI=1S/C11H16N4O2/c12-7-8-3-1-4-9(8)14-11-10(15(16)17)5-2-6-13-11/h2,5-6,8-9H,1,3-4,7,12H2,(H,13,14). The highest BCUT2D eigenvalue weighted by Gasteiger charge is 2.28. The Labute approximate surface area is 99.4 Å². The summed E-state index contributed by atoms with van der Waals surface area (Å²) < 4.78 is 0. The minimum Gasteiger partial charge on any atom is -0.361 e. The molecule has 0 saturated heterocycles. The summed E-state index contributed by atoms with van der Waals surface area (Å²) >= 11 is 0. The van der Waals surface area contributed by atoms with E-state index >= 15 is 0 Å². The molecule has 0 radical (unpaired) electrons. The zero-order chi connectivity index (χ0) is 12.3. The van der Waals surface area contributed by atoms with Crippen LogP contribution in [0.15, 0.2) is 18.3 Å². The topological polar surface area (TPSA) is 94.1 Å². The molecule has 17 heavy (non-hydrogen) atoms. The van der Waals surface area contributed by atoms with Crippen LogP contribution < -0.4 is 11.1 Å². The van der Waals surface area contributed by atoms with Crippen LogP contribution in [0.2, 0.25) is 0 Å². The van der Waals surface area contributed by atoms with E-state index in [4.69, 9.17) is 5.73 Å². The minimum atomic E-state index is -0.415. The van der Waals surface area contributed by atoms with Crippen molar-refractivity contribution in [3.05, 3.63) is 28.4 Å². The van der Waals surface area contributed by atoms with Gasteiger partial charge in [-0.05, 0) is 31.4 Å². The van der Waals surface area contributed by atoms with E-state index in [-0.39, 0.29) is 11.7 Å². The fourth-order valence-electron chi connectivity index (χ4n) is 2.34. The van der Waals surface area contributed by atoms with Gasteiger partial charge in [-0.1, -0.05) is 6.42 Å². The third-order valence-electron chi connectivity index (χ3n) is 3.27. The zero-order valence-electron chi connectivity index (χ0n) is 9.50. The number of nitrogens with two attached hydrogens (primary N) is 1. The van der Waals surface area contributed by atoms with Crippen LogP contribution in [0.3, 0.4) is 0 Å².